The molecule has 0 saturated heterocycles. The fraction of sp³-hybridized carbons (Fsp3) is 0.727. The summed E-state index contributed by atoms with van der Waals surface area (Å²) >= 11 is 0. The van der Waals surface area contributed by atoms with Crippen LogP contribution in [0.15, 0.2) is 60.8 Å². The molecule has 10 heteroatoms. The fourth-order valence-corrected chi connectivity index (χ4v) is 6.01. The van der Waals surface area contributed by atoms with Gasteiger partial charge in [0.2, 0.25) is 0 Å². The Morgan fingerprint density at radius 3 is 1.56 bits per heavy atom. The highest BCUT2D eigenvalue weighted by molar-refractivity contribution is 7.45. The molecule has 0 aliphatic carbocycles. The largest absolute Gasteiger partial charge is 0.756 e. The lowest BCUT2D eigenvalue weighted by Gasteiger charge is -2.28. The van der Waals surface area contributed by atoms with Crippen molar-refractivity contribution in [1.82, 2.24) is 0 Å². The number of hydrogen-bond donors (Lipinski definition) is 0. The summed E-state index contributed by atoms with van der Waals surface area (Å²) in [6.07, 6.45) is 42.5. The van der Waals surface area contributed by atoms with Gasteiger partial charge in [0, 0.05) is 12.8 Å². The van der Waals surface area contributed by atoms with Crippen molar-refractivity contribution in [3.63, 3.8) is 0 Å². The highest BCUT2D eigenvalue weighted by atomic mass is 31.2. The molecule has 0 aromatic heterocycles. The van der Waals surface area contributed by atoms with Crippen molar-refractivity contribution in [2.45, 2.75) is 161 Å². The zero-order valence-corrected chi connectivity index (χ0v) is 35.8. The number of esters is 2. The van der Waals surface area contributed by atoms with E-state index in [1.165, 1.54) is 64.2 Å². The number of allylic oxidation sites excluding steroid dienone is 10. The Hall–Kier alpha value is -2.29. The maximum atomic E-state index is 12.6. The van der Waals surface area contributed by atoms with Crippen LogP contribution in [0.2, 0.25) is 0 Å². The van der Waals surface area contributed by atoms with Crippen molar-refractivity contribution >= 4 is 19.8 Å². The van der Waals surface area contributed by atoms with Crippen molar-refractivity contribution in [2.24, 2.45) is 0 Å². The Labute approximate surface area is 330 Å². The van der Waals surface area contributed by atoms with Crippen LogP contribution >= 0.6 is 7.82 Å². The summed E-state index contributed by atoms with van der Waals surface area (Å²) < 4.78 is 33.8. The van der Waals surface area contributed by atoms with E-state index in [2.05, 4.69) is 68.5 Å². The number of hydrogen-bond acceptors (Lipinski definition) is 8. The number of phosphoric acid groups is 1. The molecule has 0 N–H and O–H groups in total. The number of unbranched alkanes of at least 4 members (excludes halogenated alkanes) is 13. The van der Waals surface area contributed by atoms with E-state index in [9.17, 15) is 19.0 Å². The second kappa shape index (κ2) is 36.4. The molecule has 9 nitrogen and oxygen atoms in total. The zero-order valence-electron chi connectivity index (χ0n) is 34.9. The van der Waals surface area contributed by atoms with Gasteiger partial charge in [-0.15, -0.1) is 0 Å². The van der Waals surface area contributed by atoms with E-state index in [0.29, 0.717) is 23.9 Å². The van der Waals surface area contributed by atoms with Crippen molar-refractivity contribution in [3.05, 3.63) is 60.8 Å². The minimum absolute atomic E-state index is 0.0430. The maximum Gasteiger partial charge on any atom is 0.306 e. The zero-order chi connectivity index (χ0) is 40.0. The van der Waals surface area contributed by atoms with Crippen molar-refractivity contribution in [2.75, 3.05) is 47.5 Å². The van der Waals surface area contributed by atoms with Gasteiger partial charge < -0.3 is 27.9 Å². The number of carbonyl (C=O) groups excluding carboxylic acids is 2. The van der Waals surface area contributed by atoms with Crippen LogP contribution in [0.3, 0.4) is 0 Å². The number of carbonyl (C=O) groups is 2. The van der Waals surface area contributed by atoms with Gasteiger partial charge in [-0.3, -0.25) is 14.2 Å². The van der Waals surface area contributed by atoms with Crippen LogP contribution in [-0.2, 0) is 32.7 Å². The SMILES string of the molecule is CCC=CCC=CCC=CCC=CCC=CCCCC(=O)OC(COC(=O)CCCCCCCCCCCCCCC)COP(=O)([O-])OCC[N+](C)(C)C. The molecule has 0 amide bonds. The number of nitrogens with zero attached hydrogens (tertiary/aromatic N) is 1. The van der Waals surface area contributed by atoms with Gasteiger partial charge in [0.25, 0.3) is 7.82 Å². The molecule has 0 aromatic rings. The van der Waals surface area contributed by atoms with Gasteiger partial charge in [-0.25, -0.2) is 0 Å². The molecule has 0 fully saturated rings. The highest BCUT2D eigenvalue weighted by Crippen LogP contribution is 2.38. The Morgan fingerprint density at radius 1 is 0.593 bits per heavy atom. The standard InChI is InChI=1S/C44H78NO8P/c1-6-8-10-12-14-16-18-20-21-22-23-25-27-29-31-33-35-37-44(47)53-42(41-52-54(48,49)51-39-38-45(3,4)5)40-50-43(46)36-34-32-30-28-26-24-19-17-15-13-11-9-7-2/h8,10,14,16,20-21,23,25,29,31,42H,6-7,9,11-13,15,17-19,22,24,26-28,30,32-41H2,1-5H3. The number of phosphoric ester groups is 1. The Morgan fingerprint density at radius 2 is 1.06 bits per heavy atom. The first-order valence-corrected chi connectivity index (χ1v) is 22.5. The summed E-state index contributed by atoms with van der Waals surface area (Å²) in [6, 6.07) is 0. The predicted molar refractivity (Wildman–Crippen MR) is 222 cm³/mol. The van der Waals surface area contributed by atoms with Crippen LogP contribution in [0.5, 0.6) is 0 Å². The Bertz CT molecular complexity index is 1110. The third-order valence-corrected chi connectivity index (χ3v) is 9.52. The lowest BCUT2D eigenvalue weighted by molar-refractivity contribution is -0.870. The molecule has 0 rings (SSSR count). The van der Waals surface area contributed by atoms with E-state index >= 15 is 0 Å². The summed E-state index contributed by atoms with van der Waals surface area (Å²) in [5, 5.41) is 0. The molecule has 312 valence electrons. The molecule has 2 unspecified atom stereocenters. The minimum atomic E-state index is -4.64. The Kier molecular flexibility index (Phi) is 34.8. The number of quaternary nitrogens is 1. The summed E-state index contributed by atoms with van der Waals surface area (Å²) in [5.41, 5.74) is 0. The molecular formula is C44H78NO8P. The summed E-state index contributed by atoms with van der Waals surface area (Å²) in [7, 11) is 1.12. The third kappa shape index (κ3) is 39.4. The van der Waals surface area contributed by atoms with Crippen molar-refractivity contribution in [3.8, 4) is 0 Å². The minimum Gasteiger partial charge on any atom is -0.756 e. The molecule has 0 aliphatic rings. The first kappa shape index (κ1) is 51.7. The average molecular weight is 780 g/mol. The van der Waals surface area contributed by atoms with Crippen LogP contribution in [0.4, 0.5) is 0 Å². The molecule has 0 bridgehead atoms. The molecular weight excluding hydrogens is 701 g/mol. The van der Waals surface area contributed by atoms with Gasteiger partial charge in [-0.2, -0.15) is 0 Å². The van der Waals surface area contributed by atoms with Gasteiger partial charge in [-0.1, -0.05) is 152 Å². The smallest absolute Gasteiger partial charge is 0.306 e. The van der Waals surface area contributed by atoms with Gasteiger partial charge in [-0.05, 0) is 51.4 Å². The third-order valence-electron chi connectivity index (χ3n) is 8.55. The van der Waals surface area contributed by atoms with Gasteiger partial charge in [0.15, 0.2) is 6.10 Å². The molecule has 2 atom stereocenters. The number of ether oxygens (including phenoxy) is 2. The van der Waals surface area contributed by atoms with E-state index in [1.807, 2.05) is 27.2 Å². The first-order chi connectivity index (χ1) is 26.0. The summed E-state index contributed by atoms with van der Waals surface area (Å²) in [5.74, 6) is -0.905. The van der Waals surface area contributed by atoms with E-state index in [0.717, 1.165) is 51.4 Å². The van der Waals surface area contributed by atoms with Crippen LogP contribution in [0.25, 0.3) is 0 Å². The molecule has 54 heavy (non-hydrogen) atoms. The quantitative estimate of drug-likeness (QED) is 0.0201. The predicted octanol–water partition coefficient (Wildman–Crippen LogP) is 11.1. The summed E-state index contributed by atoms with van der Waals surface area (Å²) in [4.78, 5) is 37.4. The molecule has 0 aliphatic heterocycles. The van der Waals surface area contributed by atoms with E-state index in [1.54, 1.807) is 0 Å². The van der Waals surface area contributed by atoms with Crippen LogP contribution in [0, 0.1) is 0 Å². The van der Waals surface area contributed by atoms with Gasteiger partial charge in [0.1, 0.15) is 19.8 Å². The number of rotatable bonds is 37. The maximum absolute atomic E-state index is 12.6. The fourth-order valence-electron chi connectivity index (χ4n) is 5.28. The van der Waals surface area contributed by atoms with Gasteiger partial charge >= 0.3 is 11.9 Å². The topological polar surface area (TPSA) is 111 Å². The van der Waals surface area contributed by atoms with E-state index < -0.39 is 32.5 Å². The normalized spacial score (nSPS) is 14.3. The van der Waals surface area contributed by atoms with E-state index in [4.69, 9.17) is 18.5 Å². The van der Waals surface area contributed by atoms with Gasteiger partial charge in [0.05, 0.1) is 27.7 Å². The van der Waals surface area contributed by atoms with Crippen LogP contribution in [-0.4, -0.2) is 70.0 Å². The van der Waals surface area contributed by atoms with Crippen molar-refractivity contribution in [1.29, 1.82) is 0 Å². The second-order valence-electron chi connectivity index (χ2n) is 15.0. The second-order valence-corrected chi connectivity index (χ2v) is 16.4. The lowest BCUT2D eigenvalue weighted by atomic mass is 10.0. The first-order valence-electron chi connectivity index (χ1n) is 21.0. The monoisotopic (exact) mass is 780 g/mol. The summed E-state index contributed by atoms with van der Waals surface area (Å²) in [6.45, 7) is 4.03. The molecule has 0 spiro atoms. The molecule has 0 aromatic carbocycles. The van der Waals surface area contributed by atoms with Crippen LogP contribution < -0.4 is 4.89 Å². The Balaban J connectivity index is 4.50. The highest BCUT2D eigenvalue weighted by Gasteiger charge is 2.21. The molecule has 0 saturated carbocycles. The average Bonchev–Trinajstić information content (AvgIpc) is 3.12. The van der Waals surface area contributed by atoms with Crippen LogP contribution in [0.1, 0.15) is 155 Å². The molecule has 0 heterocycles. The van der Waals surface area contributed by atoms with E-state index in [-0.39, 0.29) is 26.1 Å². The van der Waals surface area contributed by atoms with Crippen molar-refractivity contribution < 1.29 is 42.1 Å². The lowest BCUT2D eigenvalue weighted by Crippen LogP contribution is -2.37. The number of likely N-dealkylation sites (N-methyl/N-ethyl adjacent to an activating group) is 1. The molecule has 0 radical (unpaired) electrons.